The zero-order chi connectivity index (χ0) is 23.9. The van der Waals surface area contributed by atoms with E-state index in [2.05, 4.69) is 20.4 Å². The third-order valence-electron chi connectivity index (χ3n) is 6.16. The molecule has 2 amide bonds. The number of nitrogens with zero attached hydrogens (tertiary/aromatic N) is 4. The Morgan fingerprint density at radius 1 is 1.00 bits per heavy atom. The summed E-state index contributed by atoms with van der Waals surface area (Å²) < 4.78 is 5.41. The Bertz CT molecular complexity index is 1120. The highest BCUT2D eigenvalue weighted by atomic mass is 16.5. The molecule has 1 N–H and O–H groups in total. The quantitative estimate of drug-likeness (QED) is 0.555. The Morgan fingerprint density at radius 2 is 1.74 bits per heavy atom. The number of hydrogen-bond donors (Lipinski definition) is 1. The second-order valence-electron chi connectivity index (χ2n) is 8.70. The van der Waals surface area contributed by atoms with Gasteiger partial charge in [0, 0.05) is 43.7 Å². The first-order valence-corrected chi connectivity index (χ1v) is 11.7. The molecule has 0 aliphatic carbocycles. The number of carbonyl (C=O) groups is 2. The number of aromatic nitrogens is 2. The minimum Gasteiger partial charge on any atom is -0.343 e. The molecule has 0 radical (unpaired) electrons. The second kappa shape index (κ2) is 11.1. The highest BCUT2D eigenvalue weighted by Gasteiger charge is 2.21. The normalized spacial score (nSPS) is 14.2. The largest absolute Gasteiger partial charge is 0.343 e. The summed E-state index contributed by atoms with van der Waals surface area (Å²) in [6, 6.07) is 15.4. The van der Waals surface area contributed by atoms with Crippen LogP contribution in [0, 0.1) is 13.8 Å². The maximum atomic E-state index is 12.5. The van der Waals surface area contributed by atoms with Gasteiger partial charge in [0.1, 0.15) is 0 Å². The van der Waals surface area contributed by atoms with E-state index in [-0.39, 0.29) is 18.4 Å². The van der Waals surface area contributed by atoms with Gasteiger partial charge in [0.25, 0.3) is 5.91 Å². The number of nitrogens with one attached hydrogen (secondary N) is 1. The molecule has 0 spiro atoms. The second-order valence-corrected chi connectivity index (χ2v) is 8.70. The van der Waals surface area contributed by atoms with E-state index < -0.39 is 0 Å². The monoisotopic (exact) mass is 461 g/mol. The number of benzene rings is 2. The zero-order valence-electron chi connectivity index (χ0n) is 19.8. The summed E-state index contributed by atoms with van der Waals surface area (Å²) in [4.78, 5) is 33.5. The van der Waals surface area contributed by atoms with E-state index >= 15 is 0 Å². The molecule has 1 fully saturated rings. The first-order chi connectivity index (χ1) is 16.5. The van der Waals surface area contributed by atoms with Crippen molar-refractivity contribution in [2.45, 2.75) is 26.7 Å². The van der Waals surface area contributed by atoms with Crippen molar-refractivity contribution in [2.24, 2.45) is 0 Å². The van der Waals surface area contributed by atoms with Gasteiger partial charge in [-0.2, -0.15) is 4.98 Å². The van der Waals surface area contributed by atoms with Crippen LogP contribution in [0.3, 0.4) is 0 Å². The Morgan fingerprint density at radius 3 is 2.47 bits per heavy atom. The zero-order valence-corrected chi connectivity index (χ0v) is 19.8. The Labute approximate surface area is 199 Å². The van der Waals surface area contributed by atoms with Gasteiger partial charge in [-0.25, -0.2) is 0 Å². The molecule has 1 aliphatic rings. The van der Waals surface area contributed by atoms with Crippen LogP contribution in [0.25, 0.3) is 11.4 Å². The van der Waals surface area contributed by atoms with Gasteiger partial charge in [-0.15, -0.1) is 0 Å². The minimum atomic E-state index is -0.211. The van der Waals surface area contributed by atoms with Crippen molar-refractivity contribution in [1.82, 2.24) is 25.3 Å². The molecule has 3 aromatic rings. The molecule has 0 unspecified atom stereocenters. The fourth-order valence-corrected chi connectivity index (χ4v) is 4.04. The summed E-state index contributed by atoms with van der Waals surface area (Å²) in [5.41, 5.74) is 3.65. The minimum absolute atomic E-state index is 0.0215. The van der Waals surface area contributed by atoms with Crippen LogP contribution < -0.4 is 5.32 Å². The number of rotatable bonds is 8. The lowest BCUT2D eigenvalue weighted by Crippen LogP contribution is -2.51. The molecule has 1 aliphatic heterocycles. The summed E-state index contributed by atoms with van der Waals surface area (Å²) in [6.07, 6.45) is 1.64. The third kappa shape index (κ3) is 6.08. The summed E-state index contributed by atoms with van der Waals surface area (Å²) in [6.45, 7) is 7.82. The molecular weight excluding hydrogens is 430 g/mol. The van der Waals surface area contributed by atoms with E-state index in [1.165, 1.54) is 5.56 Å². The molecule has 2 aromatic carbocycles. The van der Waals surface area contributed by atoms with E-state index in [9.17, 15) is 9.59 Å². The SMILES string of the molecule is Cc1ccc(-c2noc(CCCN3CCN(C(=O)CNC(=O)c4ccccc4C)CC3)n2)cc1. The highest BCUT2D eigenvalue weighted by molar-refractivity contribution is 5.97. The first-order valence-electron chi connectivity index (χ1n) is 11.7. The molecule has 2 heterocycles. The fourth-order valence-electron chi connectivity index (χ4n) is 4.04. The molecule has 0 atom stereocenters. The molecule has 1 aromatic heterocycles. The van der Waals surface area contributed by atoms with Gasteiger partial charge in [0.2, 0.25) is 17.6 Å². The smallest absolute Gasteiger partial charge is 0.251 e. The topological polar surface area (TPSA) is 91.6 Å². The summed E-state index contributed by atoms with van der Waals surface area (Å²) in [5.74, 6) is 1.01. The molecule has 1 saturated heterocycles. The van der Waals surface area contributed by atoms with Crippen LogP contribution in [0.2, 0.25) is 0 Å². The van der Waals surface area contributed by atoms with Gasteiger partial charge in [-0.1, -0.05) is 53.2 Å². The highest BCUT2D eigenvalue weighted by Crippen LogP contribution is 2.17. The van der Waals surface area contributed by atoms with Gasteiger partial charge in [-0.3, -0.25) is 14.5 Å². The van der Waals surface area contributed by atoms with Crippen LogP contribution in [0.5, 0.6) is 0 Å². The van der Waals surface area contributed by atoms with E-state index in [1.54, 1.807) is 6.07 Å². The van der Waals surface area contributed by atoms with Crippen LogP contribution in [-0.2, 0) is 11.2 Å². The predicted molar refractivity (Wildman–Crippen MR) is 129 cm³/mol. The van der Waals surface area contributed by atoms with Crippen LogP contribution in [0.1, 0.15) is 33.8 Å². The van der Waals surface area contributed by atoms with Crippen molar-refractivity contribution in [3.63, 3.8) is 0 Å². The molecule has 34 heavy (non-hydrogen) atoms. The Balaban J connectivity index is 1.15. The Hall–Kier alpha value is -3.52. The first kappa shape index (κ1) is 23.6. The Kier molecular flexibility index (Phi) is 7.69. The molecule has 0 bridgehead atoms. The molecular formula is C26H31N5O3. The summed E-state index contributed by atoms with van der Waals surface area (Å²) in [7, 11) is 0. The van der Waals surface area contributed by atoms with Crippen LogP contribution in [0.4, 0.5) is 0 Å². The molecule has 8 nitrogen and oxygen atoms in total. The van der Waals surface area contributed by atoms with Gasteiger partial charge in [0.05, 0.1) is 6.54 Å². The fraction of sp³-hybridized carbons (Fsp3) is 0.385. The van der Waals surface area contributed by atoms with Crippen molar-refractivity contribution in [1.29, 1.82) is 0 Å². The number of piperazine rings is 1. The molecule has 0 saturated carbocycles. The van der Waals surface area contributed by atoms with Crippen LogP contribution in [-0.4, -0.2) is 71.0 Å². The molecule has 4 rings (SSSR count). The van der Waals surface area contributed by atoms with E-state index in [0.717, 1.165) is 43.6 Å². The average Bonchev–Trinajstić information content (AvgIpc) is 3.32. The average molecular weight is 462 g/mol. The van der Waals surface area contributed by atoms with E-state index in [1.807, 2.05) is 61.2 Å². The van der Waals surface area contributed by atoms with Gasteiger partial charge >= 0.3 is 0 Å². The van der Waals surface area contributed by atoms with Crippen LogP contribution in [0.15, 0.2) is 53.1 Å². The lowest BCUT2D eigenvalue weighted by molar-refractivity contribution is -0.131. The third-order valence-corrected chi connectivity index (χ3v) is 6.16. The maximum Gasteiger partial charge on any atom is 0.251 e. The van der Waals surface area contributed by atoms with Gasteiger partial charge < -0.3 is 14.7 Å². The number of aryl methyl sites for hydroxylation is 3. The van der Waals surface area contributed by atoms with Crippen molar-refractivity contribution in [3.8, 4) is 11.4 Å². The van der Waals surface area contributed by atoms with Gasteiger partial charge in [-0.05, 0) is 38.4 Å². The van der Waals surface area contributed by atoms with Gasteiger partial charge in [0.15, 0.2) is 0 Å². The van der Waals surface area contributed by atoms with Crippen molar-refractivity contribution >= 4 is 11.8 Å². The number of amides is 2. The molecule has 178 valence electrons. The van der Waals surface area contributed by atoms with E-state index in [4.69, 9.17) is 4.52 Å². The summed E-state index contributed by atoms with van der Waals surface area (Å²) in [5, 5.41) is 6.84. The van der Waals surface area contributed by atoms with Crippen molar-refractivity contribution in [2.75, 3.05) is 39.3 Å². The van der Waals surface area contributed by atoms with Crippen molar-refractivity contribution in [3.05, 3.63) is 71.1 Å². The lowest BCUT2D eigenvalue weighted by Gasteiger charge is -2.34. The molecule has 8 heteroatoms. The van der Waals surface area contributed by atoms with E-state index in [0.29, 0.717) is 30.4 Å². The lowest BCUT2D eigenvalue weighted by atomic mass is 10.1. The maximum absolute atomic E-state index is 12.5. The van der Waals surface area contributed by atoms with Crippen LogP contribution >= 0.6 is 0 Å². The van der Waals surface area contributed by atoms with Crippen molar-refractivity contribution < 1.29 is 14.1 Å². The standard InChI is InChI=1S/C26H31N5O3/c1-19-9-11-21(12-10-19)25-28-23(34-29-25)8-5-13-30-14-16-31(17-15-30)24(32)18-27-26(33)22-7-4-3-6-20(22)2/h3-4,6-7,9-12H,5,8,13-18H2,1-2H3,(H,27,33). The summed E-state index contributed by atoms with van der Waals surface area (Å²) >= 11 is 0. The number of hydrogen-bond acceptors (Lipinski definition) is 6. The predicted octanol–water partition coefficient (Wildman–Crippen LogP) is 2.86. The number of carbonyl (C=O) groups excluding carboxylic acids is 2.